The predicted octanol–water partition coefficient (Wildman–Crippen LogP) is 6.18. The van der Waals surface area contributed by atoms with Crippen molar-refractivity contribution in [2.45, 2.75) is 45.7 Å². The molecular weight excluding hydrogens is 456 g/mol. The molecule has 0 amide bonds. The van der Waals surface area contributed by atoms with E-state index in [1.54, 1.807) is 12.4 Å². The maximum Gasteiger partial charge on any atom is 0.138 e. The Morgan fingerprint density at radius 2 is 1.70 bits per heavy atom. The van der Waals surface area contributed by atoms with Crippen molar-refractivity contribution in [3.8, 4) is 11.4 Å². The summed E-state index contributed by atoms with van der Waals surface area (Å²) in [7, 11) is 0. The Labute approximate surface area is 218 Å². The van der Waals surface area contributed by atoms with Gasteiger partial charge in [0.15, 0.2) is 0 Å². The van der Waals surface area contributed by atoms with Gasteiger partial charge in [-0.25, -0.2) is 4.98 Å². The van der Waals surface area contributed by atoms with Gasteiger partial charge >= 0.3 is 0 Å². The van der Waals surface area contributed by atoms with E-state index in [0.717, 1.165) is 59.6 Å². The number of hydrogen-bond acceptors (Lipinski definition) is 5. The van der Waals surface area contributed by atoms with Crippen molar-refractivity contribution in [1.29, 1.82) is 0 Å². The van der Waals surface area contributed by atoms with Crippen LogP contribution in [0.3, 0.4) is 0 Å². The number of aromatic nitrogens is 4. The normalized spacial score (nSPS) is 17.1. The molecule has 0 saturated carbocycles. The van der Waals surface area contributed by atoms with Crippen molar-refractivity contribution < 1.29 is 0 Å². The number of nitrogens with one attached hydrogen (secondary N) is 1. The van der Waals surface area contributed by atoms with E-state index in [9.17, 15) is 0 Å². The zero-order valence-electron chi connectivity index (χ0n) is 22.1. The van der Waals surface area contributed by atoms with Crippen LogP contribution in [0.5, 0.6) is 0 Å². The number of imidazole rings is 1. The molecule has 0 aliphatic carbocycles. The molecule has 3 aromatic carbocycles. The summed E-state index contributed by atoms with van der Waals surface area (Å²) < 4.78 is 0. The molecule has 1 aliphatic rings. The van der Waals surface area contributed by atoms with Crippen LogP contribution in [-0.2, 0) is 12.0 Å². The Morgan fingerprint density at radius 3 is 2.46 bits per heavy atom. The Bertz CT molecular complexity index is 1550. The Morgan fingerprint density at radius 1 is 0.919 bits per heavy atom. The monoisotopic (exact) mass is 490 g/mol. The minimum atomic E-state index is 0.140. The number of aromatic amines is 1. The lowest BCUT2D eigenvalue weighted by molar-refractivity contribution is 0.181. The van der Waals surface area contributed by atoms with Crippen molar-refractivity contribution in [1.82, 2.24) is 24.8 Å². The summed E-state index contributed by atoms with van der Waals surface area (Å²) in [5.41, 5.74) is 9.11. The minimum Gasteiger partial charge on any atom is -0.367 e. The van der Waals surface area contributed by atoms with Crippen molar-refractivity contribution in [2.75, 3.05) is 24.5 Å². The number of rotatable bonds is 4. The van der Waals surface area contributed by atoms with Crippen molar-refractivity contribution in [3.05, 3.63) is 84.2 Å². The molecule has 0 bridgehead atoms. The van der Waals surface area contributed by atoms with Gasteiger partial charge in [0.1, 0.15) is 11.3 Å². The van der Waals surface area contributed by atoms with Gasteiger partial charge < -0.3 is 9.88 Å². The molecule has 5 aromatic rings. The van der Waals surface area contributed by atoms with E-state index in [1.165, 1.54) is 16.8 Å². The molecule has 188 valence electrons. The van der Waals surface area contributed by atoms with Crippen LogP contribution in [0, 0.1) is 0 Å². The number of hydrogen-bond donors (Lipinski definition) is 1. The second kappa shape index (κ2) is 9.27. The molecule has 0 spiro atoms. The van der Waals surface area contributed by atoms with E-state index < -0.39 is 0 Å². The van der Waals surface area contributed by atoms with Crippen LogP contribution in [0.1, 0.15) is 38.8 Å². The molecule has 6 nitrogen and oxygen atoms in total. The lowest BCUT2D eigenvalue weighted by Gasteiger charge is -2.41. The number of para-hydroxylation sites is 1. The van der Waals surface area contributed by atoms with E-state index in [2.05, 4.69) is 113 Å². The van der Waals surface area contributed by atoms with Crippen molar-refractivity contribution in [3.63, 3.8) is 0 Å². The first-order valence-electron chi connectivity index (χ1n) is 13.1. The summed E-state index contributed by atoms with van der Waals surface area (Å²) in [6.45, 7) is 12.9. The maximum absolute atomic E-state index is 5.07. The summed E-state index contributed by atoms with van der Waals surface area (Å²) in [5.74, 6) is 0.925. The van der Waals surface area contributed by atoms with E-state index in [-0.39, 0.29) is 5.41 Å². The second-order valence-corrected chi connectivity index (χ2v) is 11.2. The molecule has 0 radical (unpaired) electrons. The molecule has 37 heavy (non-hydrogen) atoms. The Balaban J connectivity index is 1.20. The van der Waals surface area contributed by atoms with Crippen LogP contribution in [0.25, 0.3) is 33.5 Å². The molecule has 2 aromatic heterocycles. The van der Waals surface area contributed by atoms with Gasteiger partial charge in [0.2, 0.25) is 0 Å². The van der Waals surface area contributed by atoms with Crippen LogP contribution in [0.4, 0.5) is 5.69 Å². The molecule has 1 N–H and O–H groups in total. The topological polar surface area (TPSA) is 60.9 Å². The molecule has 1 fully saturated rings. The van der Waals surface area contributed by atoms with Crippen molar-refractivity contribution >= 4 is 27.8 Å². The number of anilines is 1. The number of fused-ring (bicyclic) bond motifs is 2. The van der Waals surface area contributed by atoms with Gasteiger partial charge in [0, 0.05) is 50.2 Å². The average Bonchev–Trinajstić information content (AvgIpc) is 3.34. The highest BCUT2D eigenvalue weighted by molar-refractivity contribution is 5.91. The van der Waals surface area contributed by atoms with Gasteiger partial charge in [-0.3, -0.25) is 14.9 Å². The van der Waals surface area contributed by atoms with Crippen LogP contribution < -0.4 is 4.90 Å². The highest BCUT2D eigenvalue weighted by atomic mass is 15.3. The van der Waals surface area contributed by atoms with Gasteiger partial charge in [-0.1, -0.05) is 57.2 Å². The quantitative estimate of drug-likeness (QED) is 0.326. The predicted molar refractivity (Wildman–Crippen MR) is 152 cm³/mol. The third-order valence-electron chi connectivity index (χ3n) is 7.54. The summed E-state index contributed by atoms with van der Waals surface area (Å²) in [5, 5.41) is 0. The molecule has 3 heterocycles. The van der Waals surface area contributed by atoms with E-state index in [0.29, 0.717) is 6.04 Å². The molecule has 6 rings (SSSR count). The van der Waals surface area contributed by atoms with Crippen LogP contribution in [-0.4, -0.2) is 50.5 Å². The third kappa shape index (κ3) is 4.69. The number of nitrogens with zero attached hydrogens (tertiary/aromatic N) is 5. The summed E-state index contributed by atoms with van der Waals surface area (Å²) in [6, 6.07) is 22.1. The van der Waals surface area contributed by atoms with Gasteiger partial charge in [0.05, 0.1) is 22.2 Å². The summed E-state index contributed by atoms with van der Waals surface area (Å²) in [4.78, 5) is 22.5. The zero-order valence-corrected chi connectivity index (χ0v) is 22.1. The van der Waals surface area contributed by atoms with Crippen LogP contribution in [0.2, 0.25) is 0 Å². The second-order valence-electron chi connectivity index (χ2n) is 11.2. The summed E-state index contributed by atoms with van der Waals surface area (Å²) >= 11 is 0. The fraction of sp³-hybridized carbons (Fsp3) is 0.323. The first-order chi connectivity index (χ1) is 17.8. The number of piperazine rings is 1. The van der Waals surface area contributed by atoms with Gasteiger partial charge in [-0.05, 0) is 47.7 Å². The molecule has 1 aliphatic heterocycles. The zero-order chi connectivity index (χ0) is 25.6. The molecule has 6 heteroatoms. The highest BCUT2D eigenvalue weighted by Gasteiger charge is 2.26. The smallest absolute Gasteiger partial charge is 0.138 e. The standard InChI is InChI=1S/C31H34N6/c1-21-19-37(17-16-36(21)20-22-8-13-25-27(18-22)33-15-14-32-25)28-7-5-6-26-29(28)35-30(34-26)23-9-11-24(12-10-23)31(2,3)4/h5-15,18,21H,16-17,19-20H2,1-4H3,(H,34,35)/t21-/m1/s1. The number of benzene rings is 3. The maximum atomic E-state index is 5.07. The van der Waals surface area contributed by atoms with Gasteiger partial charge in [0.25, 0.3) is 0 Å². The largest absolute Gasteiger partial charge is 0.367 e. The van der Waals surface area contributed by atoms with Crippen molar-refractivity contribution in [2.24, 2.45) is 0 Å². The van der Waals surface area contributed by atoms with Crippen LogP contribution in [0.15, 0.2) is 73.1 Å². The Hall–Kier alpha value is -3.77. The lowest BCUT2D eigenvalue weighted by Crippen LogP contribution is -2.51. The fourth-order valence-corrected chi connectivity index (χ4v) is 5.33. The van der Waals surface area contributed by atoms with E-state index >= 15 is 0 Å². The van der Waals surface area contributed by atoms with Crippen LogP contribution >= 0.6 is 0 Å². The minimum absolute atomic E-state index is 0.140. The average molecular weight is 491 g/mol. The lowest BCUT2D eigenvalue weighted by atomic mass is 9.87. The molecule has 1 saturated heterocycles. The molecule has 1 atom stereocenters. The third-order valence-corrected chi connectivity index (χ3v) is 7.54. The Kier molecular flexibility index (Phi) is 5.92. The first-order valence-corrected chi connectivity index (χ1v) is 13.1. The van der Waals surface area contributed by atoms with Gasteiger partial charge in [-0.2, -0.15) is 0 Å². The SMILES string of the molecule is C[C@@H]1CN(c2cccc3[nH]c(-c4ccc(C(C)(C)C)cc4)nc23)CCN1Cc1ccc2nccnc2c1. The molecule has 0 unspecified atom stereocenters. The molecular formula is C31H34N6. The van der Waals surface area contributed by atoms with E-state index in [1.807, 2.05) is 0 Å². The number of H-pyrrole nitrogens is 1. The first kappa shape index (κ1) is 23.6. The fourth-order valence-electron chi connectivity index (χ4n) is 5.33. The summed E-state index contributed by atoms with van der Waals surface area (Å²) in [6.07, 6.45) is 3.50. The highest BCUT2D eigenvalue weighted by Crippen LogP contribution is 2.31. The van der Waals surface area contributed by atoms with Gasteiger partial charge in [-0.15, -0.1) is 0 Å². The van der Waals surface area contributed by atoms with E-state index in [4.69, 9.17) is 4.98 Å².